The number of ether oxygens (including phenoxy) is 1. The van der Waals surface area contributed by atoms with Crippen molar-refractivity contribution in [3.05, 3.63) is 42.0 Å². The fourth-order valence-electron chi connectivity index (χ4n) is 1.76. The average Bonchev–Trinajstić information content (AvgIpc) is 2.42. The van der Waals surface area contributed by atoms with E-state index in [4.69, 9.17) is 9.84 Å². The molecule has 0 heterocycles. The largest absolute Gasteiger partial charge is 0.479 e. The Bertz CT molecular complexity index is 545. The Kier molecular flexibility index (Phi) is 5.70. The van der Waals surface area contributed by atoms with Crippen LogP contribution in [0.4, 0.5) is 4.79 Å². The zero-order valence-corrected chi connectivity index (χ0v) is 12.9. The molecule has 6 nitrogen and oxygen atoms in total. The molecular formula is C16H21NO5. The van der Waals surface area contributed by atoms with Crippen LogP contribution in [0.15, 0.2) is 30.8 Å². The molecule has 6 heteroatoms. The normalized spacial score (nSPS) is 13.8. The fraction of sp³-hybridized carbons (Fsp3) is 0.375. The first-order chi connectivity index (χ1) is 10.1. The van der Waals surface area contributed by atoms with Crippen LogP contribution in [0.5, 0.6) is 0 Å². The van der Waals surface area contributed by atoms with Gasteiger partial charge in [-0.25, -0.2) is 9.59 Å². The number of hydrogen-bond donors (Lipinski definition) is 3. The molecule has 0 unspecified atom stereocenters. The second-order valence-electron chi connectivity index (χ2n) is 5.78. The second-order valence-corrected chi connectivity index (χ2v) is 5.78. The maximum Gasteiger partial charge on any atom is 0.408 e. The molecule has 0 spiro atoms. The van der Waals surface area contributed by atoms with E-state index in [-0.39, 0.29) is 0 Å². The Hall–Kier alpha value is -2.34. The third-order valence-electron chi connectivity index (χ3n) is 2.77. The molecule has 2 atom stereocenters. The van der Waals surface area contributed by atoms with Crippen LogP contribution in [0.2, 0.25) is 0 Å². The smallest absolute Gasteiger partial charge is 0.408 e. The number of carbonyl (C=O) groups is 2. The number of alkyl carbamates (subject to hydrolysis) is 1. The summed E-state index contributed by atoms with van der Waals surface area (Å²) in [5.41, 5.74) is 0.561. The Balaban J connectivity index is 3.00. The third-order valence-corrected chi connectivity index (χ3v) is 2.77. The minimum absolute atomic E-state index is 0.450. The Morgan fingerprint density at radius 2 is 1.82 bits per heavy atom. The van der Waals surface area contributed by atoms with Crippen LogP contribution in [0, 0.1) is 0 Å². The number of benzene rings is 1. The van der Waals surface area contributed by atoms with Gasteiger partial charge in [0.25, 0.3) is 0 Å². The highest BCUT2D eigenvalue weighted by atomic mass is 16.6. The summed E-state index contributed by atoms with van der Waals surface area (Å²) >= 11 is 0. The highest BCUT2D eigenvalue weighted by Gasteiger charge is 2.30. The number of aliphatic carboxylic acids is 1. The molecule has 120 valence electrons. The van der Waals surface area contributed by atoms with Crippen molar-refractivity contribution in [1.82, 2.24) is 5.32 Å². The van der Waals surface area contributed by atoms with Crippen LogP contribution < -0.4 is 5.32 Å². The Morgan fingerprint density at radius 3 is 2.23 bits per heavy atom. The Morgan fingerprint density at radius 1 is 1.27 bits per heavy atom. The lowest BCUT2D eigenvalue weighted by Gasteiger charge is -2.25. The summed E-state index contributed by atoms with van der Waals surface area (Å²) in [6, 6.07) is 5.53. The van der Waals surface area contributed by atoms with Gasteiger partial charge in [-0.3, -0.25) is 0 Å². The predicted molar refractivity (Wildman–Crippen MR) is 82.3 cm³/mol. The van der Waals surface area contributed by atoms with Gasteiger partial charge in [0.15, 0.2) is 6.10 Å². The maximum absolute atomic E-state index is 11.8. The highest BCUT2D eigenvalue weighted by molar-refractivity contribution is 5.76. The van der Waals surface area contributed by atoms with E-state index < -0.39 is 29.8 Å². The Labute approximate surface area is 129 Å². The minimum atomic E-state index is -1.79. The van der Waals surface area contributed by atoms with Crippen LogP contribution in [0.3, 0.4) is 0 Å². The molecule has 1 aromatic carbocycles. The monoisotopic (exact) mass is 307 g/mol. The predicted octanol–water partition coefficient (Wildman–Crippen LogP) is 2.34. The molecule has 0 fully saturated rings. The molecule has 0 bridgehead atoms. The zero-order valence-electron chi connectivity index (χ0n) is 12.9. The molecule has 1 aromatic rings. The summed E-state index contributed by atoms with van der Waals surface area (Å²) in [5, 5.41) is 21.2. The molecule has 1 rings (SSSR count). The van der Waals surface area contributed by atoms with Gasteiger partial charge in [-0.2, -0.15) is 0 Å². The van der Waals surface area contributed by atoms with Gasteiger partial charge < -0.3 is 20.3 Å². The van der Waals surface area contributed by atoms with Crippen LogP contribution in [0.1, 0.15) is 37.9 Å². The molecule has 0 radical (unpaired) electrons. The van der Waals surface area contributed by atoms with Gasteiger partial charge in [0.05, 0.1) is 6.04 Å². The first kappa shape index (κ1) is 17.7. The van der Waals surface area contributed by atoms with Crippen LogP contribution in [-0.4, -0.2) is 34.0 Å². The summed E-state index contributed by atoms with van der Waals surface area (Å²) in [7, 11) is 0. The van der Waals surface area contributed by atoms with Crippen molar-refractivity contribution in [2.24, 2.45) is 0 Å². The zero-order chi connectivity index (χ0) is 16.9. The van der Waals surface area contributed by atoms with E-state index in [9.17, 15) is 14.7 Å². The maximum atomic E-state index is 11.8. The van der Waals surface area contributed by atoms with Crippen molar-refractivity contribution in [1.29, 1.82) is 0 Å². The summed E-state index contributed by atoms with van der Waals surface area (Å²) in [5.74, 6) is -1.44. The third kappa shape index (κ3) is 5.21. The molecule has 0 saturated carbocycles. The molecule has 0 aliphatic heterocycles. The van der Waals surface area contributed by atoms with E-state index in [1.807, 2.05) is 0 Å². The molecule has 0 aliphatic rings. The van der Waals surface area contributed by atoms with Crippen LogP contribution >= 0.6 is 0 Å². The first-order valence-electron chi connectivity index (χ1n) is 6.77. The number of carboxylic acids is 1. The van der Waals surface area contributed by atoms with Gasteiger partial charge in [-0.05, 0) is 31.9 Å². The van der Waals surface area contributed by atoms with E-state index in [0.717, 1.165) is 5.56 Å². The SMILES string of the molecule is C=Cc1ccc([C@H](NC(=O)OC(C)(C)C)[C@@H](O)C(=O)O)cc1. The summed E-state index contributed by atoms with van der Waals surface area (Å²) in [6.07, 6.45) is -0.957. The highest BCUT2D eigenvalue weighted by Crippen LogP contribution is 2.20. The lowest BCUT2D eigenvalue weighted by molar-refractivity contribution is -0.148. The van der Waals surface area contributed by atoms with E-state index in [1.54, 1.807) is 51.1 Å². The molecule has 1 amide bonds. The molecule has 22 heavy (non-hydrogen) atoms. The molecule has 3 N–H and O–H groups in total. The number of hydrogen-bond acceptors (Lipinski definition) is 4. The van der Waals surface area contributed by atoms with Crippen molar-refractivity contribution in [2.75, 3.05) is 0 Å². The van der Waals surface area contributed by atoms with E-state index in [0.29, 0.717) is 5.56 Å². The van der Waals surface area contributed by atoms with Crippen molar-refractivity contribution in [3.8, 4) is 0 Å². The lowest BCUT2D eigenvalue weighted by atomic mass is 10.00. The van der Waals surface area contributed by atoms with Gasteiger partial charge in [0.2, 0.25) is 0 Å². The van der Waals surface area contributed by atoms with Gasteiger partial charge in [-0.15, -0.1) is 0 Å². The van der Waals surface area contributed by atoms with Crippen LogP contribution in [0.25, 0.3) is 6.08 Å². The van der Waals surface area contributed by atoms with Crippen molar-refractivity contribution >= 4 is 18.1 Å². The number of nitrogens with one attached hydrogen (secondary N) is 1. The number of aliphatic hydroxyl groups excluding tert-OH is 1. The number of amides is 1. The lowest BCUT2D eigenvalue weighted by Crippen LogP contribution is -2.42. The van der Waals surface area contributed by atoms with Gasteiger partial charge in [0.1, 0.15) is 5.60 Å². The standard InChI is InChI=1S/C16H21NO5/c1-5-10-6-8-11(9-7-10)12(13(18)14(19)20)17-15(21)22-16(2,3)4/h5-9,12-13,18H,1H2,2-4H3,(H,17,21)(H,19,20)/t12-,13+/m0/s1. The van der Waals surface area contributed by atoms with Crippen molar-refractivity contribution in [2.45, 2.75) is 38.5 Å². The number of aliphatic hydroxyl groups is 1. The van der Waals surface area contributed by atoms with Crippen molar-refractivity contribution < 1.29 is 24.5 Å². The summed E-state index contributed by atoms with van der Waals surface area (Å²) < 4.78 is 5.09. The van der Waals surface area contributed by atoms with E-state index in [2.05, 4.69) is 11.9 Å². The average molecular weight is 307 g/mol. The number of rotatable bonds is 5. The molecule has 0 saturated heterocycles. The number of carboxylic acid groups (broad SMARTS) is 1. The molecule has 0 aliphatic carbocycles. The fourth-order valence-corrected chi connectivity index (χ4v) is 1.76. The van der Waals surface area contributed by atoms with Crippen molar-refractivity contribution in [3.63, 3.8) is 0 Å². The summed E-state index contributed by atoms with van der Waals surface area (Å²) in [6.45, 7) is 8.69. The number of carbonyl (C=O) groups excluding carboxylic acids is 1. The first-order valence-corrected chi connectivity index (χ1v) is 6.77. The molecule has 0 aromatic heterocycles. The van der Waals surface area contributed by atoms with E-state index >= 15 is 0 Å². The van der Waals surface area contributed by atoms with Gasteiger partial charge in [0, 0.05) is 0 Å². The minimum Gasteiger partial charge on any atom is -0.479 e. The van der Waals surface area contributed by atoms with Gasteiger partial charge >= 0.3 is 12.1 Å². The summed E-state index contributed by atoms with van der Waals surface area (Å²) in [4.78, 5) is 22.9. The second kappa shape index (κ2) is 7.09. The van der Waals surface area contributed by atoms with Crippen LogP contribution in [-0.2, 0) is 9.53 Å². The topological polar surface area (TPSA) is 95.9 Å². The van der Waals surface area contributed by atoms with E-state index in [1.165, 1.54) is 0 Å². The quantitative estimate of drug-likeness (QED) is 0.776. The van der Waals surface area contributed by atoms with Gasteiger partial charge in [-0.1, -0.05) is 36.9 Å². The molecular weight excluding hydrogens is 286 g/mol.